The minimum Gasteiger partial charge on any atom is -0.394 e. The number of aliphatic hydroxyl groups is 5. The molecule has 9 nitrogen and oxygen atoms in total. The van der Waals surface area contributed by atoms with Crippen molar-refractivity contribution >= 4 is 5.91 Å². The van der Waals surface area contributed by atoms with Crippen LogP contribution in [0, 0.1) is 0 Å². The van der Waals surface area contributed by atoms with Crippen LogP contribution in [0.3, 0.4) is 0 Å². The first-order valence-electron chi connectivity index (χ1n) is 29.8. The van der Waals surface area contributed by atoms with Crippen molar-refractivity contribution in [3.63, 3.8) is 0 Å². The lowest BCUT2D eigenvalue weighted by Crippen LogP contribution is -2.60. The van der Waals surface area contributed by atoms with Crippen molar-refractivity contribution in [2.24, 2.45) is 0 Å². The second kappa shape index (κ2) is 53.0. The normalized spacial score (nSPS) is 19.9. The first kappa shape index (κ1) is 68.6. The van der Waals surface area contributed by atoms with E-state index in [0.29, 0.717) is 6.42 Å². The highest BCUT2D eigenvalue weighted by molar-refractivity contribution is 5.76. The number of rotatable bonds is 49. The molecule has 1 heterocycles. The molecule has 7 unspecified atom stereocenters. The SMILES string of the molecule is CC/C=C\C/C=C\C/C=C\C/C=C\C/C=C\C/C=C\C/C=C\CCCCCCCCCCCCCCCC(=O)NC(COC1OC(CO)C(O)C(O)C1O)C(O)/C=C/CC/C=C/CC/C=C/CCCCCCCC. The Morgan fingerprint density at radius 2 is 0.851 bits per heavy atom. The predicted molar refractivity (Wildman–Crippen MR) is 313 cm³/mol. The van der Waals surface area contributed by atoms with Crippen LogP contribution in [-0.2, 0) is 14.3 Å². The molecular weight excluding hydrogens is 923 g/mol. The quantitative estimate of drug-likeness (QED) is 0.0261. The van der Waals surface area contributed by atoms with Gasteiger partial charge in [-0.1, -0.05) is 238 Å². The fraction of sp³-hybridized carbons (Fsp3) is 0.677. The third-order valence-corrected chi connectivity index (χ3v) is 13.2. The molecule has 1 saturated heterocycles. The summed E-state index contributed by atoms with van der Waals surface area (Å²) in [6.07, 6.45) is 72.7. The fourth-order valence-corrected chi connectivity index (χ4v) is 8.58. The van der Waals surface area contributed by atoms with Gasteiger partial charge in [0.05, 0.1) is 25.4 Å². The van der Waals surface area contributed by atoms with Gasteiger partial charge in [-0.2, -0.15) is 0 Å². The Hall–Kier alpha value is -3.41. The van der Waals surface area contributed by atoms with Gasteiger partial charge in [-0.3, -0.25) is 4.79 Å². The minimum absolute atomic E-state index is 0.197. The zero-order valence-electron chi connectivity index (χ0n) is 46.8. The maximum absolute atomic E-state index is 13.1. The summed E-state index contributed by atoms with van der Waals surface area (Å²) in [5.74, 6) is -0.197. The summed E-state index contributed by atoms with van der Waals surface area (Å²) in [5.41, 5.74) is 0. The smallest absolute Gasteiger partial charge is 0.220 e. The highest BCUT2D eigenvalue weighted by atomic mass is 16.7. The van der Waals surface area contributed by atoms with Gasteiger partial charge in [0.15, 0.2) is 6.29 Å². The average molecular weight is 1030 g/mol. The van der Waals surface area contributed by atoms with Crippen molar-refractivity contribution in [3.8, 4) is 0 Å². The zero-order valence-corrected chi connectivity index (χ0v) is 46.8. The molecule has 1 fully saturated rings. The van der Waals surface area contributed by atoms with E-state index in [9.17, 15) is 30.3 Å². The number of nitrogens with one attached hydrogen (secondary N) is 1. The molecule has 0 saturated carbocycles. The number of allylic oxidation sites excluding steroid dienone is 19. The lowest BCUT2D eigenvalue weighted by atomic mass is 9.99. The van der Waals surface area contributed by atoms with Gasteiger partial charge in [-0.05, 0) is 103 Å². The van der Waals surface area contributed by atoms with Gasteiger partial charge < -0.3 is 40.3 Å². The Morgan fingerprint density at radius 3 is 1.30 bits per heavy atom. The van der Waals surface area contributed by atoms with Crippen LogP contribution >= 0.6 is 0 Å². The average Bonchev–Trinajstić information content (AvgIpc) is 3.40. The van der Waals surface area contributed by atoms with E-state index < -0.39 is 49.5 Å². The van der Waals surface area contributed by atoms with E-state index >= 15 is 0 Å². The number of hydrogen-bond donors (Lipinski definition) is 6. The third kappa shape index (κ3) is 41.8. The van der Waals surface area contributed by atoms with Gasteiger partial charge in [0.1, 0.15) is 24.4 Å². The molecular formula is C65H109NO8. The van der Waals surface area contributed by atoms with Crippen molar-refractivity contribution in [1.82, 2.24) is 5.32 Å². The molecule has 0 aromatic rings. The summed E-state index contributed by atoms with van der Waals surface area (Å²) in [7, 11) is 0. The molecule has 1 amide bonds. The molecule has 0 radical (unpaired) electrons. The molecule has 1 aliphatic rings. The zero-order chi connectivity index (χ0) is 53.6. The summed E-state index contributed by atoms with van der Waals surface area (Å²) in [5, 5.41) is 54.4. The van der Waals surface area contributed by atoms with Gasteiger partial charge in [-0.15, -0.1) is 0 Å². The molecule has 7 atom stereocenters. The van der Waals surface area contributed by atoms with Crippen molar-refractivity contribution in [1.29, 1.82) is 0 Å². The molecule has 0 bridgehead atoms. The first-order valence-corrected chi connectivity index (χ1v) is 29.8. The van der Waals surface area contributed by atoms with Crippen LogP contribution < -0.4 is 5.32 Å². The largest absolute Gasteiger partial charge is 0.394 e. The summed E-state index contributed by atoms with van der Waals surface area (Å²) in [6.45, 7) is 3.62. The van der Waals surface area contributed by atoms with E-state index in [2.05, 4.69) is 129 Å². The Morgan fingerprint density at radius 1 is 0.473 bits per heavy atom. The van der Waals surface area contributed by atoms with E-state index in [0.717, 1.165) is 96.3 Å². The number of unbranched alkanes of at least 4 members (excludes halogenated alkanes) is 21. The number of ether oxygens (including phenoxy) is 2. The van der Waals surface area contributed by atoms with Crippen molar-refractivity contribution in [2.75, 3.05) is 13.2 Å². The van der Waals surface area contributed by atoms with Crippen LogP contribution in [-0.4, -0.2) is 87.5 Å². The lowest BCUT2D eigenvalue weighted by Gasteiger charge is -2.40. The highest BCUT2D eigenvalue weighted by Gasteiger charge is 2.44. The first-order chi connectivity index (χ1) is 36.3. The second-order valence-corrected chi connectivity index (χ2v) is 20.0. The standard InChI is InChI=1S/C65H109NO8/c1-3-5-7-9-11-13-15-17-19-21-22-23-24-25-26-27-28-29-30-31-32-33-34-35-36-37-38-39-41-43-45-47-49-51-53-55-61(69)66-58(57-73-65-64(72)63(71)62(70)60(56-67)74-65)59(68)54-52-50-48-46-44-42-40-20-18-16-14-12-10-8-6-4-2/h5,7,11,13,17-20,22-23,25-26,28-29,31-32,44,46,52,54,58-60,62-65,67-68,70-72H,3-4,6,8-10,12,14-16,21,24,27,30,33-43,45,47-51,53,55-57H2,1-2H3,(H,66,69)/b7-5-,13-11-,19-17-,20-18+,23-22-,26-25-,29-28-,32-31-,46-44+,54-52+. The van der Waals surface area contributed by atoms with Gasteiger partial charge in [0.25, 0.3) is 0 Å². The Bertz CT molecular complexity index is 1570. The van der Waals surface area contributed by atoms with Crippen LogP contribution in [0.15, 0.2) is 122 Å². The maximum atomic E-state index is 13.1. The van der Waals surface area contributed by atoms with E-state index in [4.69, 9.17) is 9.47 Å². The molecule has 0 aromatic carbocycles. The highest BCUT2D eigenvalue weighted by Crippen LogP contribution is 2.23. The topological polar surface area (TPSA) is 149 Å². The minimum atomic E-state index is -1.58. The van der Waals surface area contributed by atoms with Crippen LogP contribution in [0.2, 0.25) is 0 Å². The van der Waals surface area contributed by atoms with E-state index in [-0.39, 0.29) is 12.5 Å². The number of amides is 1. The molecule has 0 aromatic heterocycles. The van der Waals surface area contributed by atoms with Crippen LogP contribution in [0.4, 0.5) is 0 Å². The molecule has 0 aliphatic carbocycles. The number of aliphatic hydroxyl groups excluding tert-OH is 5. The molecule has 1 rings (SSSR count). The van der Waals surface area contributed by atoms with Crippen molar-refractivity contribution < 1.29 is 39.8 Å². The van der Waals surface area contributed by atoms with Gasteiger partial charge in [0, 0.05) is 6.42 Å². The van der Waals surface area contributed by atoms with Crippen LogP contribution in [0.25, 0.3) is 0 Å². The van der Waals surface area contributed by atoms with Crippen molar-refractivity contribution in [3.05, 3.63) is 122 Å². The Labute approximate surface area is 452 Å². The molecule has 6 N–H and O–H groups in total. The van der Waals surface area contributed by atoms with Gasteiger partial charge >= 0.3 is 0 Å². The molecule has 74 heavy (non-hydrogen) atoms. The third-order valence-electron chi connectivity index (χ3n) is 13.2. The molecule has 1 aliphatic heterocycles. The molecule has 9 heteroatoms. The maximum Gasteiger partial charge on any atom is 0.220 e. The number of hydrogen-bond acceptors (Lipinski definition) is 8. The van der Waals surface area contributed by atoms with Gasteiger partial charge in [0.2, 0.25) is 5.91 Å². The Kier molecular flexibility index (Phi) is 49.1. The van der Waals surface area contributed by atoms with E-state index in [1.165, 1.54) is 109 Å². The monoisotopic (exact) mass is 1030 g/mol. The summed E-state index contributed by atoms with van der Waals surface area (Å²) in [6, 6.07) is -0.836. The van der Waals surface area contributed by atoms with E-state index in [1.54, 1.807) is 6.08 Å². The van der Waals surface area contributed by atoms with Gasteiger partial charge in [-0.25, -0.2) is 0 Å². The van der Waals surface area contributed by atoms with Crippen LogP contribution in [0.5, 0.6) is 0 Å². The summed E-state index contributed by atoms with van der Waals surface area (Å²) >= 11 is 0. The van der Waals surface area contributed by atoms with Crippen LogP contribution in [0.1, 0.15) is 226 Å². The fourth-order valence-electron chi connectivity index (χ4n) is 8.58. The Balaban J connectivity index is 2.18. The predicted octanol–water partition coefficient (Wildman–Crippen LogP) is 15.1. The lowest BCUT2D eigenvalue weighted by molar-refractivity contribution is -0.302. The summed E-state index contributed by atoms with van der Waals surface area (Å²) in [4.78, 5) is 13.1. The number of carbonyl (C=O) groups is 1. The summed E-state index contributed by atoms with van der Waals surface area (Å²) < 4.78 is 11.2. The number of carbonyl (C=O) groups excluding carboxylic acids is 1. The molecule has 0 spiro atoms. The van der Waals surface area contributed by atoms with E-state index in [1.807, 2.05) is 6.08 Å². The second-order valence-electron chi connectivity index (χ2n) is 20.0. The molecule has 422 valence electrons. The van der Waals surface area contributed by atoms with Crippen molar-refractivity contribution in [2.45, 2.75) is 269 Å².